The molecule has 0 saturated carbocycles. The molecule has 3 nitrogen and oxygen atoms in total. The predicted molar refractivity (Wildman–Crippen MR) is 74.4 cm³/mol. The molecule has 0 amide bonds. The summed E-state index contributed by atoms with van der Waals surface area (Å²) in [5.74, 6) is 0.00659. The average Bonchev–Trinajstić information content (AvgIpc) is 2.24. The Morgan fingerprint density at radius 1 is 1.22 bits per heavy atom. The zero-order chi connectivity index (χ0) is 14.0. The first-order valence-corrected chi connectivity index (χ1v) is 8.12. The van der Waals surface area contributed by atoms with Crippen molar-refractivity contribution in [2.75, 3.05) is 12.0 Å². The fourth-order valence-corrected chi connectivity index (χ4v) is 2.60. The number of hydrogen-bond donors (Lipinski definition) is 1. The van der Waals surface area contributed by atoms with Crippen LogP contribution in [0.15, 0.2) is 24.3 Å². The molecule has 0 bridgehead atoms. The molecule has 102 valence electrons. The summed E-state index contributed by atoms with van der Waals surface area (Å²) < 4.78 is 22.3. The SMILES string of the molecule is CC(C)(C)c1ccccc1C(O)CCS(C)(=O)=O. The Kier molecular flexibility index (Phi) is 4.56. The van der Waals surface area contributed by atoms with Gasteiger partial charge in [0.1, 0.15) is 9.84 Å². The van der Waals surface area contributed by atoms with Crippen LogP contribution in [0.25, 0.3) is 0 Å². The van der Waals surface area contributed by atoms with Crippen LogP contribution in [-0.2, 0) is 15.3 Å². The summed E-state index contributed by atoms with van der Waals surface area (Å²) in [4.78, 5) is 0. The van der Waals surface area contributed by atoms with Gasteiger partial charge in [-0.15, -0.1) is 0 Å². The van der Waals surface area contributed by atoms with Crippen LogP contribution in [0.2, 0.25) is 0 Å². The maximum absolute atomic E-state index is 11.1. The number of aliphatic hydroxyl groups excluding tert-OH is 1. The molecule has 1 unspecified atom stereocenters. The van der Waals surface area contributed by atoms with Crippen molar-refractivity contribution in [3.05, 3.63) is 35.4 Å². The highest BCUT2D eigenvalue weighted by atomic mass is 32.2. The summed E-state index contributed by atoms with van der Waals surface area (Å²) in [5.41, 5.74) is 1.82. The van der Waals surface area contributed by atoms with Crippen LogP contribution in [-0.4, -0.2) is 25.5 Å². The number of sulfone groups is 1. The molecule has 0 saturated heterocycles. The summed E-state index contributed by atoms with van der Waals surface area (Å²) in [6.07, 6.45) is 0.705. The van der Waals surface area contributed by atoms with Gasteiger partial charge in [-0.25, -0.2) is 8.42 Å². The first kappa shape index (κ1) is 15.2. The van der Waals surface area contributed by atoms with E-state index < -0.39 is 15.9 Å². The van der Waals surface area contributed by atoms with Gasteiger partial charge in [0.2, 0.25) is 0 Å². The maximum atomic E-state index is 11.1. The van der Waals surface area contributed by atoms with Crippen LogP contribution in [0.1, 0.15) is 44.4 Å². The zero-order valence-electron chi connectivity index (χ0n) is 11.5. The molecular weight excluding hydrogens is 248 g/mol. The van der Waals surface area contributed by atoms with Gasteiger partial charge in [-0.3, -0.25) is 0 Å². The fraction of sp³-hybridized carbons (Fsp3) is 0.571. The second-order valence-electron chi connectivity index (χ2n) is 5.77. The Labute approximate surface area is 110 Å². The molecule has 0 heterocycles. The molecule has 0 aromatic heterocycles. The van der Waals surface area contributed by atoms with E-state index in [0.717, 1.165) is 11.1 Å². The highest BCUT2D eigenvalue weighted by molar-refractivity contribution is 7.90. The van der Waals surface area contributed by atoms with E-state index in [0.29, 0.717) is 0 Å². The minimum absolute atomic E-state index is 0.00659. The van der Waals surface area contributed by atoms with E-state index in [1.54, 1.807) is 0 Å². The molecule has 0 radical (unpaired) electrons. The van der Waals surface area contributed by atoms with Gasteiger partial charge in [-0.2, -0.15) is 0 Å². The summed E-state index contributed by atoms with van der Waals surface area (Å²) in [6, 6.07) is 7.66. The largest absolute Gasteiger partial charge is 0.388 e. The topological polar surface area (TPSA) is 54.4 Å². The van der Waals surface area contributed by atoms with Gasteiger partial charge < -0.3 is 5.11 Å². The fourth-order valence-electron chi connectivity index (χ4n) is 1.95. The average molecular weight is 270 g/mol. The molecule has 1 atom stereocenters. The number of benzene rings is 1. The third kappa shape index (κ3) is 4.42. The molecule has 4 heteroatoms. The van der Waals surface area contributed by atoms with Crippen molar-refractivity contribution in [3.8, 4) is 0 Å². The molecular formula is C14H22O3S. The highest BCUT2D eigenvalue weighted by Crippen LogP contribution is 2.30. The highest BCUT2D eigenvalue weighted by Gasteiger charge is 2.21. The van der Waals surface area contributed by atoms with Crippen LogP contribution in [0.3, 0.4) is 0 Å². The van der Waals surface area contributed by atoms with E-state index in [9.17, 15) is 13.5 Å². The van der Waals surface area contributed by atoms with Gasteiger partial charge in [-0.1, -0.05) is 45.0 Å². The van der Waals surface area contributed by atoms with Crippen molar-refractivity contribution in [2.45, 2.75) is 38.7 Å². The zero-order valence-corrected chi connectivity index (χ0v) is 12.3. The first-order valence-electron chi connectivity index (χ1n) is 6.06. The third-order valence-corrected chi connectivity index (χ3v) is 3.87. The lowest BCUT2D eigenvalue weighted by molar-refractivity contribution is 0.172. The standard InChI is InChI=1S/C14H22O3S/c1-14(2,3)12-8-6-5-7-11(12)13(15)9-10-18(4,16)17/h5-8,13,15H,9-10H2,1-4H3. The van der Waals surface area contributed by atoms with Gasteiger partial charge >= 0.3 is 0 Å². The number of rotatable bonds is 4. The molecule has 0 aliphatic carbocycles. The van der Waals surface area contributed by atoms with Crippen molar-refractivity contribution in [1.29, 1.82) is 0 Å². The Balaban J connectivity index is 2.96. The maximum Gasteiger partial charge on any atom is 0.147 e. The number of hydrogen-bond acceptors (Lipinski definition) is 3. The van der Waals surface area contributed by atoms with Crippen molar-refractivity contribution >= 4 is 9.84 Å². The summed E-state index contributed by atoms with van der Waals surface area (Å²) >= 11 is 0. The van der Waals surface area contributed by atoms with E-state index in [1.165, 1.54) is 6.26 Å². The molecule has 1 aromatic carbocycles. The first-order chi connectivity index (χ1) is 8.11. The Bertz CT molecular complexity index is 498. The van der Waals surface area contributed by atoms with Gasteiger partial charge in [0, 0.05) is 6.26 Å². The van der Waals surface area contributed by atoms with Crippen LogP contribution >= 0.6 is 0 Å². The van der Waals surface area contributed by atoms with E-state index in [2.05, 4.69) is 20.8 Å². The van der Waals surface area contributed by atoms with Gasteiger partial charge in [0.05, 0.1) is 11.9 Å². The van der Waals surface area contributed by atoms with Gasteiger partial charge in [0.15, 0.2) is 0 Å². The number of aliphatic hydroxyl groups is 1. The summed E-state index contributed by atoms with van der Waals surface area (Å²) in [7, 11) is -3.04. The lowest BCUT2D eigenvalue weighted by Gasteiger charge is -2.25. The Hall–Kier alpha value is -0.870. The molecule has 0 spiro atoms. The lowest BCUT2D eigenvalue weighted by Crippen LogP contribution is -2.17. The molecule has 1 aromatic rings. The molecule has 0 fully saturated rings. The second-order valence-corrected chi connectivity index (χ2v) is 8.03. The lowest BCUT2D eigenvalue weighted by atomic mass is 9.82. The molecule has 0 aliphatic rings. The Morgan fingerprint density at radius 2 is 1.78 bits per heavy atom. The van der Waals surface area contributed by atoms with Crippen molar-refractivity contribution < 1.29 is 13.5 Å². The van der Waals surface area contributed by atoms with E-state index in [-0.39, 0.29) is 17.6 Å². The van der Waals surface area contributed by atoms with Gasteiger partial charge in [-0.05, 0) is 23.0 Å². The van der Waals surface area contributed by atoms with Gasteiger partial charge in [0.25, 0.3) is 0 Å². The minimum Gasteiger partial charge on any atom is -0.388 e. The normalized spacial score (nSPS) is 14.5. The van der Waals surface area contributed by atoms with E-state index >= 15 is 0 Å². The molecule has 18 heavy (non-hydrogen) atoms. The van der Waals surface area contributed by atoms with Crippen LogP contribution in [0, 0.1) is 0 Å². The Morgan fingerprint density at radius 3 is 2.28 bits per heavy atom. The summed E-state index contributed by atoms with van der Waals surface area (Å²) in [5, 5.41) is 10.2. The second kappa shape index (κ2) is 5.41. The quantitative estimate of drug-likeness (QED) is 0.914. The van der Waals surface area contributed by atoms with Crippen LogP contribution in [0.5, 0.6) is 0 Å². The smallest absolute Gasteiger partial charge is 0.147 e. The molecule has 1 rings (SSSR count). The van der Waals surface area contributed by atoms with Crippen molar-refractivity contribution in [2.24, 2.45) is 0 Å². The summed E-state index contributed by atoms with van der Waals surface area (Å²) in [6.45, 7) is 6.24. The molecule has 1 N–H and O–H groups in total. The van der Waals surface area contributed by atoms with Crippen LogP contribution in [0.4, 0.5) is 0 Å². The van der Waals surface area contributed by atoms with E-state index in [4.69, 9.17) is 0 Å². The third-order valence-electron chi connectivity index (χ3n) is 2.89. The van der Waals surface area contributed by atoms with Crippen molar-refractivity contribution in [1.82, 2.24) is 0 Å². The monoisotopic (exact) mass is 270 g/mol. The predicted octanol–water partition coefficient (Wildman–Crippen LogP) is 2.45. The minimum atomic E-state index is -3.04. The van der Waals surface area contributed by atoms with E-state index in [1.807, 2.05) is 24.3 Å². The van der Waals surface area contributed by atoms with Crippen LogP contribution < -0.4 is 0 Å². The molecule has 0 aliphatic heterocycles. The van der Waals surface area contributed by atoms with Crippen molar-refractivity contribution in [3.63, 3.8) is 0 Å².